The van der Waals surface area contributed by atoms with E-state index in [9.17, 15) is 0 Å². The van der Waals surface area contributed by atoms with Crippen molar-refractivity contribution in [2.45, 2.75) is 83.8 Å². The van der Waals surface area contributed by atoms with E-state index in [1.165, 1.54) is 0 Å². The first kappa shape index (κ1) is 20.5. The number of hydrogen-bond acceptors (Lipinski definition) is 3. The number of hydrogen-bond donors (Lipinski definition) is 0. The van der Waals surface area contributed by atoms with Crippen molar-refractivity contribution in [3.05, 3.63) is 0 Å². The van der Waals surface area contributed by atoms with Gasteiger partial charge in [-0.15, -0.1) is 0 Å². The molecule has 3 fully saturated rings. The van der Waals surface area contributed by atoms with E-state index in [1.807, 2.05) is 0 Å². The van der Waals surface area contributed by atoms with Gasteiger partial charge >= 0.3 is 0 Å². The van der Waals surface area contributed by atoms with Crippen LogP contribution in [0.15, 0.2) is 0 Å². The van der Waals surface area contributed by atoms with E-state index in [0.29, 0.717) is 30.3 Å². The Morgan fingerprint density at radius 3 is 1.85 bits per heavy atom. The highest BCUT2D eigenvalue weighted by molar-refractivity contribution is 4.97. The van der Waals surface area contributed by atoms with Crippen LogP contribution in [-0.2, 0) is 0 Å². The van der Waals surface area contributed by atoms with Crippen LogP contribution in [0.4, 0.5) is 8.78 Å². The Morgan fingerprint density at radius 1 is 0.769 bits per heavy atom. The Balaban J connectivity index is 1.52. The van der Waals surface area contributed by atoms with Gasteiger partial charge in [-0.2, -0.15) is 0 Å². The normalized spacial score (nSPS) is 31.2. The third-order valence-electron chi connectivity index (χ3n) is 7.29. The highest BCUT2D eigenvalue weighted by Crippen LogP contribution is 2.36. The van der Waals surface area contributed by atoms with Crippen LogP contribution in [0.2, 0.25) is 0 Å². The zero-order valence-corrected chi connectivity index (χ0v) is 17.3. The average Bonchev–Trinajstić information content (AvgIpc) is 2.61. The van der Waals surface area contributed by atoms with Crippen LogP contribution in [0.5, 0.6) is 0 Å². The van der Waals surface area contributed by atoms with Gasteiger partial charge < -0.3 is 4.90 Å². The molecular weight excluding hydrogens is 332 g/mol. The smallest absolute Gasteiger partial charge is 0.275 e. The highest BCUT2D eigenvalue weighted by Gasteiger charge is 2.49. The quantitative estimate of drug-likeness (QED) is 0.741. The molecule has 152 valence electrons. The van der Waals surface area contributed by atoms with E-state index in [2.05, 4.69) is 42.4 Å². The molecule has 0 bridgehead atoms. The lowest BCUT2D eigenvalue weighted by Crippen LogP contribution is -2.62. The summed E-state index contributed by atoms with van der Waals surface area (Å²) < 4.78 is 30.1. The lowest BCUT2D eigenvalue weighted by molar-refractivity contribution is -0.142. The van der Waals surface area contributed by atoms with Crippen LogP contribution < -0.4 is 0 Å². The number of alkyl halides is 2. The van der Waals surface area contributed by atoms with E-state index in [4.69, 9.17) is 0 Å². The highest BCUT2D eigenvalue weighted by atomic mass is 19.3. The average molecular weight is 372 g/mol. The molecule has 0 aromatic carbocycles. The molecule has 3 rings (SSSR count). The van der Waals surface area contributed by atoms with E-state index in [-0.39, 0.29) is 6.54 Å². The van der Waals surface area contributed by atoms with Gasteiger partial charge in [0.2, 0.25) is 0 Å². The lowest BCUT2D eigenvalue weighted by atomic mass is 9.85. The van der Waals surface area contributed by atoms with E-state index in [1.54, 1.807) is 0 Å². The minimum Gasteiger partial charge on any atom is -0.301 e. The van der Waals surface area contributed by atoms with Crippen molar-refractivity contribution in [1.29, 1.82) is 0 Å². The summed E-state index contributed by atoms with van der Waals surface area (Å²) in [5.41, 5.74) is 0. The maximum absolute atomic E-state index is 15.0. The van der Waals surface area contributed by atoms with Crippen LogP contribution >= 0.6 is 0 Å². The van der Waals surface area contributed by atoms with Gasteiger partial charge in [0.25, 0.3) is 5.92 Å². The van der Waals surface area contributed by atoms with Crippen LogP contribution in [0, 0.1) is 11.8 Å². The standard InChI is InChI=1S/C21H39F2N3/c1-16(2)18-5-10-25(11-6-18)20-9-14-26(15-21(20,22)23)19-7-12-24(13-8-19)17(3)4/h16-20H,5-15H2,1-4H3/t20-/m1/s1. The summed E-state index contributed by atoms with van der Waals surface area (Å²) in [6.07, 6.45) is 4.88. The topological polar surface area (TPSA) is 9.72 Å². The fraction of sp³-hybridized carbons (Fsp3) is 1.00. The first-order chi connectivity index (χ1) is 12.3. The van der Waals surface area contributed by atoms with Crippen molar-refractivity contribution >= 4 is 0 Å². The van der Waals surface area contributed by atoms with Crippen molar-refractivity contribution in [2.75, 3.05) is 39.3 Å². The molecule has 3 nitrogen and oxygen atoms in total. The van der Waals surface area contributed by atoms with Crippen molar-refractivity contribution in [1.82, 2.24) is 14.7 Å². The molecule has 26 heavy (non-hydrogen) atoms. The Labute approximate surface area is 159 Å². The summed E-state index contributed by atoms with van der Waals surface area (Å²) in [7, 11) is 0. The van der Waals surface area contributed by atoms with E-state index in [0.717, 1.165) is 58.4 Å². The summed E-state index contributed by atoms with van der Waals surface area (Å²) in [6, 6.07) is 0.378. The van der Waals surface area contributed by atoms with Gasteiger partial charge in [0, 0.05) is 18.6 Å². The molecule has 0 aromatic rings. The van der Waals surface area contributed by atoms with Gasteiger partial charge in [0.15, 0.2) is 0 Å². The van der Waals surface area contributed by atoms with E-state index >= 15 is 8.78 Å². The number of nitrogens with zero attached hydrogens (tertiary/aromatic N) is 3. The molecule has 3 aliphatic heterocycles. The van der Waals surface area contributed by atoms with Gasteiger partial charge in [0.05, 0.1) is 12.6 Å². The van der Waals surface area contributed by atoms with Gasteiger partial charge in [-0.25, -0.2) is 8.78 Å². The molecule has 3 heterocycles. The number of rotatable bonds is 4. The molecule has 0 N–H and O–H groups in total. The molecule has 3 saturated heterocycles. The van der Waals surface area contributed by atoms with E-state index < -0.39 is 12.0 Å². The predicted molar refractivity (Wildman–Crippen MR) is 104 cm³/mol. The van der Waals surface area contributed by atoms with Gasteiger partial charge in [-0.1, -0.05) is 13.8 Å². The summed E-state index contributed by atoms with van der Waals surface area (Å²) in [5, 5.41) is 0. The number of piperidine rings is 3. The molecule has 5 heteroatoms. The molecule has 1 atom stereocenters. The van der Waals surface area contributed by atoms with Crippen molar-refractivity contribution in [2.24, 2.45) is 11.8 Å². The van der Waals surface area contributed by atoms with Gasteiger partial charge in [-0.3, -0.25) is 9.80 Å². The molecule has 0 saturated carbocycles. The lowest BCUT2D eigenvalue weighted by Gasteiger charge is -2.49. The molecule has 0 amide bonds. The summed E-state index contributed by atoms with van der Waals surface area (Å²) in [5.74, 6) is -1.18. The Morgan fingerprint density at radius 2 is 1.35 bits per heavy atom. The molecule has 0 radical (unpaired) electrons. The number of halogens is 2. The second-order valence-electron chi connectivity index (χ2n) is 9.51. The fourth-order valence-corrected chi connectivity index (χ4v) is 5.38. The van der Waals surface area contributed by atoms with Crippen molar-refractivity contribution in [3.8, 4) is 0 Å². The Bertz CT molecular complexity index is 439. The van der Waals surface area contributed by atoms with Crippen LogP contribution in [0.25, 0.3) is 0 Å². The summed E-state index contributed by atoms with van der Waals surface area (Å²) >= 11 is 0. The maximum atomic E-state index is 15.0. The molecule has 0 aliphatic carbocycles. The molecule has 0 aromatic heterocycles. The predicted octanol–water partition coefficient (Wildman–Crippen LogP) is 3.94. The second-order valence-corrected chi connectivity index (χ2v) is 9.51. The zero-order chi connectivity index (χ0) is 18.9. The summed E-state index contributed by atoms with van der Waals surface area (Å²) in [4.78, 5) is 6.69. The first-order valence-corrected chi connectivity index (χ1v) is 10.9. The third kappa shape index (κ3) is 4.59. The third-order valence-corrected chi connectivity index (χ3v) is 7.29. The SMILES string of the molecule is CC(C)C1CCN([C@@H]2CCN(C3CCN(C(C)C)CC3)CC2(F)F)CC1. The fourth-order valence-electron chi connectivity index (χ4n) is 5.38. The largest absolute Gasteiger partial charge is 0.301 e. The van der Waals surface area contributed by atoms with Crippen molar-refractivity contribution in [3.63, 3.8) is 0 Å². The monoisotopic (exact) mass is 371 g/mol. The molecule has 3 aliphatic rings. The van der Waals surface area contributed by atoms with Gasteiger partial charge in [0.1, 0.15) is 0 Å². The Kier molecular flexibility index (Phi) is 6.62. The van der Waals surface area contributed by atoms with Crippen LogP contribution in [-0.4, -0.2) is 78.0 Å². The minimum absolute atomic E-state index is 0.0336. The Hall–Kier alpha value is -0.260. The first-order valence-electron chi connectivity index (χ1n) is 10.9. The van der Waals surface area contributed by atoms with Crippen molar-refractivity contribution < 1.29 is 8.78 Å². The van der Waals surface area contributed by atoms with Crippen LogP contribution in [0.3, 0.4) is 0 Å². The maximum Gasteiger partial charge on any atom is 0.275 e. The minimum atomic E-state index is -2.57. The second kappa shape index (κ2) is 8.40. The molecule has 0 unspecified atom stereocenters. The molecule has 0 spiro atoms. The van der Waals surface area contributed by atoms with Gasteiger partial charge in [-0.05, 0) is 84.0 Å². The summed E-state index contributed by atoms with van der Waals surface area (Å²) in [6.45, 7) is 13.6. The molecular formula is C21H39F2N3. The zero-order valence-electron chi connectivity index (χ0n) is 17.3. The van der Waals surface area contributed by atoms with Crippen LogP contribution in [0.1, 0.15) is 59.8 Å². The number of likely N-dealkylation sites (tertiary alicyclic amines) is 3.